The van der Waals surface area contributed by atoms with Crippen molar-refractivity contribution in [1.82, 2.24) is 5.32 Å². The summed E-state index contributed by atoms with van der Waals surface area (Å²) in [6.07, 6.45) is 3.09. The molecule has 14 heavy (non-hydrogen) atoms. The summed E-state index contributed by atoms with van der Waals surface area (Å²) in [7, 11) is 1.78. The molecule has 2 unspecified atom stereocenters. The van der Waals surface area contributed by atoms with Crippen molar-refractivity contribution >= 4 is 0 Å². The van der Waals surface area contributed by atoms with Crippen molar-refractivity contribution in [3.63, 3.8) is 0 Å². The van der Waals surface area contributed by atoms with E-state index in [0.717, 1.165) is 12.5 Å². The van der Waals surface area contributed by atoms with Gasteiger partial charge < -0.3 is 10.1 Å². The van der Waals surface area contributed by atoms with Gasteiger partial charge in [-0.3, -0.25) is 0 Å². The lowest BCUT2D eigenvalue weighted by Gasteiger charge is -2.25. The van der Waals surface area contributed by atoms with E-state index in [1.54, 1.807) is 7.11 Å². The fourth-order valence-electron chi connectivity index (χ4n) is 1.85. The van der Waals surface area contributed by atoms with E-state index >= 15 is 0 Å². The van der Waals surface area contributed by atoms with Crippen LogP contribution in [-0.2, 0) is 4.74 Å². The first-order valence-electron chi connectivity index (χ1n) is 5.78. The molecule has 1 fully saturated rings. The van der Waals surface area contributed by atoms with Crippen LogP contribution in [0.4, 0.5) is 0 Å². The number of methoxy groups -OCH3 is 1. The van der Waals surface area contributed by atoms with Gasteiger partial charge in [-0.05, 0) is 38.0 Å². The lowest BCUT2D eigenvalue weighted by molar-refractivity contribution is 0.0854. The molecular weight excluding hydrogens is 174 g/mol. The third-order valence-corrected chi connectivity index (χ3v) is 3.97. The summed E-state index contributed by atoms with van der Waals surface area (Å²) in [5, 5.41) is 3.59. The van der Waals surface area contributed by atoms with Crippen molar-refractivity contribution in [2.24, 2.45) is 11.3 Å². The fourth-order valence-corrected chi connectivity index (χ4v) is 1.85. The Morgan fingerprint density at radius 2 is 1.79 bits per heavy atom. The monoisotopic (exact) mass is 199 g/mol. The molecule has 2 heteroatoms. The molecule has 0 spiro atoms. The highest BCUT2D eigenvalue weighted by Gasteiger charge is 2.44. The normalized spacial score (nSPS) is 23.6. The van der Waals surface area contributed by atoms with Crippen LogP contribution in [0, 0.1) is 11.3 Å². The standard InChI is InChI=1S/C12H25NO/c1-9(2)12(6-7-12)8-13-10(3)11(4)14-5/h9-11,13H,6-8H2,1-5H3. The van der Waals surface area contributed by atoms with Gasteiger partial charge in [-0.15, -0.1) is 0 Å². The molecule has 0 aliphatic heterocycles. The molecule has 0 amide bonds. The predicted molar refractivity (Wildman–Crippen MR) is 60.4 cm³/mol. The van der Waals surface area contributed by atoms with E-state index in [9.17, 15) is 0 Å². The van der Waals surface area contributed by atoms with E-state index in [0.29, 0.717) is 17.6 Å². The van der Waals surface area contributed by atoms with Gasteiger partial charge in [-0.25, -0.2) is 0 Å². The van der Waals surface area contributed by atoms with Crippen LogP contribution in [0.25, 0.3) is 0 Å². The van der Waals surface area contributed by atoms with Crippen LogP contribution in [0.1, 0.15) is 40.5 Å². The molecule has 0 heterocycles. The van der Waals surface area contributed by atoms with Gasteiger partial charge in [-0.2, -0.15) is 0 Å². The van der Waals surface area contributed by atoms with Gasteiger partial charge in [0.15, 0.2) is 0 Å². The predicted octanol–water partition coefficient (Wildman–Crippen LogP) is 2.44. The van der Waals surface area contributed by atoms with E-state index in [-0.39, 0.29) is 0 Å². The number of rotatable bonds is 6. The van der Waals surface area contributed by atoms with Gasteiger partial charge in [0.1, 0.15) is 0 Å². The van der Waals surface area contributed by atoms with Crippen molar-refractivity contribution in [2.75, 3.05) is 13.7 Å². The quantitative estimate of drug-likeness (QED) is 0.709. The fraction of sp³-hybridized carbons (Fsp3) is 1.00. The van der Waals surface area contributed by atoms with Gasteiger partial charge >= 0.3 is 0 Å². The summed E-state index contributed by atoms with van der Waals surface area (Å²) in [5.74, 6) is 0.806. The molecule has 0 aromatic heterocycles. The molecule has 0 bridgehead atoms. The van der Waals surface area contributed by atoms with Gasteiger partial charge in [0, 0.05) is 19.7 Å². The minimum Gasteiger partial charge on any atom is -0.380 e. The van der Waals surface area contributed by atoms with Gasteiger partial charge in [-0.1, -0.05) is 13.8 Å². The van der Waals surface area contributed by atoms with Crippen LogP contribution < -0.4 is 5.32 Å². The molecule has 1 N–H and O–H groups in total. The maximum Gasteiger partial charge on any atom is 0.0693 e. The minimum atomic E-state index is 0.304. The van der Waals surface area contributed by atoms with E-state index in [2.05, 4.69) is 33.0 Å². The number of hydrogen-bond acceptors (Lipinski definition) is 2. The number of ether oxygens (including phenoxy) is 1. The molecule has 84 valence electrons. The highest BCUT2D eigenvalue weighted by Crippen LogP contribution is 2.51. The molecule has 0 aromatic carbocycles. The summed E-state index contributed by atoms with van der Waals surface area (Å²) in [6.45, 7) is 10.1. The minimum absolute atomic E-state index is 0.304. The van der Waals surface area contributed by atoms with Crippen molar-refractivity contribution in [3.05, 3.63) is 0 Å². The average Bonchev–Trinajstić information content (AvgIpc) is 2.93. The van der Waals surface area contributed by atoms with Crippen LogP contribution in [0.5, 0.6) is 0 Å². The zero-order chi connectivity index (χ0) is 10.8. The Hall–Kier alpha value is -0.0800. The zero-order valence-corrected chi connectivity index (χ0v) is 10.3. The zero-order valence-electron chi connectivity index (χ0n) is 10.3. The van der Waals surface area contributed by atoms with E-state index in [1.165, 1.54) is 12.8 Å². The van der Waals surface area contributed by atoms with Crippen molar-refractivity contribution in [3.8, 4) is 0 Å². The lowest BCUT2D eigenvalue weighted by Crippen LogP contribution is -2.40. The van der Waals surface area contributed by atoms with Crippen LogP contribution in [0.2, 0.25) is 0 Å². The van der Waals surface area contributed by atoms with E-state index < -0.39 is 0 Å². The molecule has 0 aromatic rings. The number of hydrogen-bond donors (Lipinski definition) is 1. The maximum absolute atomic E-state index is 5.30. The Kier molecular flexibility index (Phi) is 3.96. The number of nitrogens with one attached hydrogen (secondary N) is 1. The Balaban J connectivity index is 2.26. The molecule has 2 nitrogen and oxygen atoms in total. The van der Waals surface area contributed by atoms with Crippen molar-refractivity contribution in [2.45, 2.75) is 52.7 Å². The first-order chi connectivity index (χ1) is 6.52. The third kappa shape index (κ3) is 2.71. The molecule has 1 aliphatic rings. The second-order valence-electron chi connectivity index (χ2n) is 5.13. The van der Waals surface area contributed by atoms with E-state index in [1.807, 2.05) is 0 Å². The van der Waals surface area contributed by atoms with Crippen LogP contribution in [0.3, 0.4) is 0 Å². The largest absolute Gasteiger partial charge is 0.380 e. The SMILES string of the molecule is COC(C)C(C)NCC1(C(C)C)CC1. The summed E-state index contributed by atoms with van der Waals surface area (Å²) in [4.78, 5) is 0. The molecule has 2 atom stereocenters. The Morgan fingerprint density at radius 1 is 1.21 bits per heavy atom. The van der Waals surface area contributed by atoms with Crippen molar-refractivity contribution in [1.29, 1.82) is 0 Å². The highest BCUT2D eigenvalue weighted by molar-refractivity contribution is 4.97. The van der Waals surface area contributed by atoms with Crippen LogP contribution in [0.15, 0.2) is 0 Å². The van der Waals surface area contributed by atoms with E-state index in [4.69, 9.17) is 4.74 Å². The molecule has 0 saturated heterocycles. The lowest BCUT2D eigenvalue weighted by atomic mass is 9.92. The first-order valence-corrected chi connectivity index (χ1v) is 5.78. The molecule has 1 saturated carbocycles. The second kappa shape index (κ2) is 4.63. The summed E-state index contributed by atoms with van der Waals surface area (Å²) < 4.78 is 5.30. The molecule has 0 radical (unpaired) electrons. The Bertz CT molecular complexity index is 175. The van der Waals surface area contributed by atoms with Gasteiger partial charge in [0.2, 0.25) is 0 Å². The topological polar surface area (TPSA) is 21.3 Å². The molecule has 1 rings (SSSR count). The second-order valence-corrected chi connectivity index (χ2v) is 5.13. The smallest absolute Gasteiger partial charge is 0.0693 e. The summed E-state index contributed by atoms with van der Waals surface area (Å²) in [6, 6.07) is 0.455. The van der Waals surface area contributed by atoms with Gasteiger partial charge in [0.25, 0.3) is 0 Å². The highest BCUT2D eigenvalue weighted by atomic mass is 16.5. The summed E-state index contributed by atoms with van der Waals surface area (Å²) >= 11 is 0. The Labute approximate surface area is 88.4 Å². The molecule has 1 aliphatic carbocycles. The average molecular weight is 199 g/mol. The first kappa shape index (κ1) is 12.0. The maximum atomic E-state index is 5.30. The molecular formula is C12H25NO. The third-order valence-electron chi connectivity index (χ3n) is 3.97. The van der Waals surface area contributed by atoms with Gasteiger partial charge in [0.05, 0.1) is 6.10 Å². The van der Waals surface area contributed by atoms with Crippen molar-refractivity contribution < 1.29 is 4.74 Å². The Morgan fingerprint density at radius 3 is 2.14 bits per heavy atom. The van der Waals surface area contributed by atoms with Crippen LogP contribution in [-0.4, -0.2) is 25.8 Å². The van der Waals surface area contributed by atoms with Crippen LogP contribution >= 0.6 is 0 Å². The summed E-state index contributed by atoms with van der Waals surface area (Å²) in [5.41, 5.74) is 0.599.